The Morgan fingerprint density at radius 3 is 2.74 bits per heavy atom. The fourth-order valence-corrected chi connectivity index (χ4v) is 1.49. The third kappa shape index (κ3) is 3.44. The van der Waals surface area contributed by atoms with Crippen molar-refractivity contribution in [2.45, 2.75) is 6.92 Å². The van der Waals surface area contributed by atoms with Crippen LogP contribution >= 0.6 is 0 Å². The molecular formula is C12H13N3O4. The summed E-state index contributed by atoms with van der Waals surface area (Å²) in [5.41, 5.74) is 1.48. The maximum absolute atomic E-state index is 11.2. The van der Waals surface area contributed by atoms with E-state index in [1.54, 1.807) is 31.2 Å². The number of H-pyrrole nitrogens is 1. The summed E-state index contributed by atoms with van der Waals surface area (Å²) in [6.45, 7) is 2.22. The molecule has 0 amide bonds. The predicted molar refractivity (Wildman–Crippen MR) is 67.7 cm³/mol. The summed E-state index contributed by atoms with van der Waals surface area (Å²) < 4.78 is 9.21. The zero-order chi connectivity index (χ0) is 13.7. The Kier molecular flexibility index (Phi) is 3.97. The number of nitrogens with zero attached hydrogens (tertiary/aromatic N) is 1. The van der Waals surface area contributed by atoms with E-state index in [1.165, 1.54) is 0 Å². The van der Waals surface area contributed by atoms with Crippen LogP contribution in [0.1, 0.15) is 6.92 Å². The average Bonchev–Trinajstić information content (AvgIpc) is 2.84. The van der Waals surface area contributed by atoms with Crippen LogP contribution in [0.3, 0.4) is 0 Å². The van der Waals surface area contributed by atoms with E-state index in [2.05, 4.69) is 20.0 Å². The van der Waals surface area contributed by atoms with Crippen molar-refractivity contribution in [1.82, 2.24) is 10.1 Å². The topological polar surface area (TPSA) is 97.2 Å². The lowest BCUT2D eigenvalue weighted by Crippen LogP contribution is -2.16. The van der Waals surface area contributed by atoms with Gasteiger partial charge >= 0.3 is 11.7 Å². The van der Waals surface area contributed by atoms with E-state index in [-0.39, 0.29) is 12.5 Å². The molecule has 1 aromatic carbocycles. The number of esters is 1. The van der Waals surface area contributed by atoms with Gasteiger partial charge in [-0.3, -0.25) is 14.3 Å². The Labute approximate surface area is 108 Å². The van der Waals surface area contributed by atoms with Gasteiger partial charge < -0.3 is 10.1 Å². The Bertz CT molecular complexity index is 600. The number of carbonyl (C=O) groups excluding carboxylic acids is 1. The fraction of sp³-hybridized carbons (Fsp3) is 0.250. The summed E-state index contributed by atoms with van der Waals surface area (Å²) in [5, 5.41) is 6.50. The van der Waals surface area contributed by atoms with Crippen LogP contribution in [0.5, 0.6) is 0 Å². The van der Waals surface area contributed by atoms with Crippen molar-refractivity contribution in [3.8, 4) is 11.4 Å². The van der Waals surface area contributed by atoms with Gasteiger partial charge in [0.05, 0.1) is 6.61 Å². The van der Waals surface area contributed by atoms with Crippen LogP contribution < -0.4 is 11.1 Å². The van der Waals surface area contributed by atoms with E-state index >= 15 is 0 Å². The minimum atomic E-state index is -0.598. The van der Waals surface area contributed by atoms with E-state index < -0.39 is 5.76 Å². The lowest BCUT2D eigenvalue weighted by Gasteiger charge is -2.06. The van der Waals surface area contributed by atoms with Crippen LogP contribution in [-0.2, 0) is 9.53 Å². The van der Waals surface area contributed by atoms with Crippen molar-refractivity contribution in [2.75, 3.05) is 18.5 Å². The molecule has 100 valence electrons. The van der Waals surface area contributed by atoms with Crippen LogP contribution in [0.25, 0.3) is 11.4 Å². The Hall–Kier alpha value is -2.57. The zero-order valence-corrected chi connectivity index (χ0v) is 10.3. The second kappa shape index (κ2) is 5.85. The SMILES string of the molecule is CCOC(=O)CNc1ccc(-c2noc(=O)[nH]2)cc1. The molecule has 0 radical (unpaired) electrons. The molecule has 0 unspecified atom stereocenters. The van der Waals surface area contributed by atoms with E-state index in [1.807, 2.05) is 0 Å². The first-order chi connectivity index (χ1) is 9.19. The molecule has 0 fully saturated rings. The van der Waals surface area contributed by atoms with Gasteiger partial charge in [-0.25, -0.2) is 4.79 Å². The number of nitrogens with one attached hydrogen (secondary N) is 2. The number of ether oxygens (including phenoxy) is 1. The molecule has 7 nitrogen and oxygen atoms in total. The molecule has 2 rings (SSSR count). The quantitative estimate of drug-likeness (QED) is 0.781. The van der Waals surface area contributed by atoms with Crippen molar-refractivity contribution >= 4 is 11.7 Å². The minimum Gasteiger partial charge on any atom is -0.465 e. The molecule has 1 heterocycles. The van der Waals surface area contributed by atoms with Crippen LogP contribution in [0, 0.1) is 0 Å². The second-order valence-corrected chi connectivity index (χ2v) is 3.68. The lowest BCUT2D eigenvalue weighted by atomic mass is 10.2. The van der Waals surface area contributed by atoms with E-state index in [4.69, 9.17) is 4.74 Å². The van der Waals surface area contributed by atoms with Crippen LogP contribution in [0.15, 0.2) is 33.6 Å². The summed E-state index contributed by atoms with van der Waals surface area (Å²) in [7, 11) is 0. The number of hydrogen-bond acceptors (Lipinski definition) is 6. The van der Waals surface area contributed by atoms with E-state index in [0.29, 0.717) is 18.0 Å². The van der Waals surface area contributed by atoms with Gasteiger partial charge in [0, 0.05) is 11.3 Å². The average molecular weight is 263 g/mol. The highest BCUT2D eigenvalue weighted by Crippen LogP contribution is 2.16. The van der Waals surface area contributed by atoms with Crippen LogP contribution in [0.4, 0.5) is 5.69 Å². The molecular weight excluding hydrogens is 250 g/mol. The summed E-state index contributed by atoms with van der Waals surface area (Å²) >= 11 is 0. The molecule has 1 aromatic heterocycles. The van der Waals surface area contributed by atoms with Gasteiger partial charge in [-0.2, -0.15) is 0 Å². The van der Waals surface area contributed by atoms with Crippen LogP contribution in [0.2, 0.25) is 0 Å². The molecule has 0 aliphatic rings. The molecule has 0 bridgehead atoms. The van der Waals surface area contributed by atoms with Gasteiger partial charge in [0.2, 0.25) is 0 Å². The van der Waals surface area contributed by atoms with Crippen molar-refractivity contribution in [1.29, 1.82) is 0 Å². The normalized spacial score (nSPS) is 10.2. The Balaban J connectivity index is 1.99. The van der Waals surface area contributed by atoms with Gasteiger partial charge in [-0.15, -0.1) is 0 Å². The van der Waals surface area contributed by atoms with Gasteiger partial charge in [0.25, 0.3) is 0 Å². The third-order valence-corrected chi connectivity index (χ3v) is 2.34. The smallest absolute Gasteiger partial charge is 0.439 e. The Morgan fingerprint density at radius 2 is 2.16 bits per heavy atom. The molecule has 0 saturated heterocycles. The summed E-state index contributed by atoms with van der Waals surface area (Å²) in [6.07, 6.45) is 0. The predicted octanol–water partition coefficient (Wildman–Crippen LogP) is 1.00. The number of aromatic amines is 1. The standard InChI is InChI=1S/C12H13N3O4/c1-2-18-10(16)7-13-9-5-3-8(4-6-9)11-14-12(17)19-15-11/h3-6,13H,2,7H2,1H3,(H,14,15,17). The van der Waals surface area contributed by atoms with Crippen molar-refractivity contribution < 1.29 is 14.1 Å². The number of benzene rings is 1. The molecule has 0 aliphatic carbocycles. The maximum Gasteiger partial charge on any atom is 0.439 e. The fourth-order valence-electron chi connectivity index (χ4n) is 1.49. The molecule has 19 heavy (non-hydrogen) atoms. The van der Waals surface area contributed by atoms with Crippen molar-refractivity contribution in [3.05, 3.63) is 34.8 Å². The first-order valence-electron chi connectivity index (χ1n) is 5.75. The number of rotatable bonds is 5. The molecule has 0 aliphatic heterocycles. The van der Waals surface area contributed by atoms with Crippen molar-refractivity contribution in [3.63, 3.8) is 0 Å². The van der Waals surface area contributed by atoms with E-state index in [9.17, 15) is 9.59 Å². The molecule has 2 N–H and O–H groups in total. The second-order valence-electron chi connectivity index (χ2n) is 3.68. The molecule has 0 atom stereocenters. The molecule has 7 heteroatoms. The molecule has 2 aromatic rings. The first-order valence-corrected chi connectivity index (χ1v) is 5.75. The van der Waals surface area contributed by atoms with Gasteiger partial charge in [0.15, 0.2) is 5.82 Å². The first kappa shape index (κ1) is 12.9. The molecule has 0 saturated carbocycles. The third-order valence-electron chi connectivity index (χ3n) is 2.34. The van der Waals surface area contributed by atoms with Crippen LogP contribution in [-0.4, -0.2) is 29.3 Å². The highest BCUT2D eigenvalue weighted by molar-refractivity contribution is 5.75. The van der Waals surface area contributed by atoms with Gasteiger partial charge in [-0.05, 0) is 31.2 Å². The van der Waals surface area contributed by atoms with Crippen molar-refractivity contribution in [2.24, 2.45) is 0 Å². The largest absolute Gasteiger partial charge is 0.465 e. The summed E-state index contributed by atoms with van der Waals surface area (Å²) in [5.74, 6) is -0.547. The number of aromatic nitrogens is 2. The number of hydrogen-bond donors (Lipinski definition) is 2. The molecule has 0 spiro atoms. The Morgan fingerprint density at radius 1 is 1.42 bits per heavy atom. The van der Waals surface area contributed by atoms with Gasteiger partial charge in [-0.1, -0.05) is 5.16 Å². The lowest BCUT2D eigenvalue weighted by molar-refractivity contribution is -0.140. The number of carbonyl (C=O) groups is 1. The monoisotopic (exact) mass is 263 g/mol. The zero-order valence-electron chi connectivity index (χ0n) is 10.3. The summed E-state index contributed by atoms with van der Waals surface area (Å²) in [6, 6.07) is 7.03. The number of anilines is 1. The minimum absolute atomic E-state index is 0.105. The highest BCUT2D eigenvalue weighted by atomic mass is 16.5. The van der Waals surface area contributed by atoms with Gasteiger partial charge in [0.1, 0.15) is 6.54 Å². The highest BCUT2D eigenvalue weighted by Gasteiger charge is 2.05. The summed E-state index contributed by atoms with van der Waals surface area (Å²) in [4.78, 5) is 24.4. The van der Waals surface area contributed by atoms with E-state index in [0.717, 1.165) is 5.69 Å². The maximum atomic E-state index is 11.2.